The van der Waals surface area contributed by atoms with E-state index in [9.17, 15) is 0 Å². The van der Waals surface area contributed by atoms with E-state index in [-0.39, 0.29) is 24.7 Å². The van der Waals surface area contributed by atoms with E-state index in [1.54, 1.807) is 4.90 Å². The molecule has 2 aromatic carbocycles. The average molecular weight is 470 g/mol. The zero-order chi connectivity index (χ0) is 19.9. The summed E-state index contributed by atoms with van der Waals surface area (Å²) in [5.41, 5.74) is 1.14. The molecule has 1 aliphatic carbocycles. The molecule has 3 rings (SSSR count). The molecule has 28 heavy (non-hydrogen) atoms. The molecule has 0 saturated heterocycles. The van der Waals surface area contributed by atoms with Crippen LogP contribution in [0.1, 0.15) is 5.56 Å². The molecule has 5 heteroatoms. The van der Waals surface area contributed by atoms with Gasteiger partial charge in [0.1, 0.15) is 0 Å². The van der Waals surface area contributed by atoms with Gasteiger partial charge in [0, 0.05) is 6.54 Å². The third-order valence-electron chi connectivity index (χ3n) is 3.42. The van der Waals surface area contributed by atoms with Crippen molar-refractivity contribution in [1.82, 2.24) is 4.90 Å². The fourth-order valence-corrected chi connectivity index (χ4v) is 3.02. The first-order valence-electron chi connectivity index (χ1n) is 8.48. The Morgan fingerprint density at radius 3 is 1.68 bits per heavy atom. The molecular weight excluding hydrogens is 444 g/mol. The van der Waals surface area contributed by atoms with E-state index < -0.39 is 0 Å². The van der Waals surface area contributed by atoms with Crippen LogP contribution >= 0.6 is 20.1 Å². The monoisotopic (exact) mass is 469 g/mol. The van der Waals surface area contributed by atoms with Crippen molar-refractivity contribution in [3.05, 3.63) is 111 Å². The number of hydrogen-bond acceptors (Lipinski definition) is 2. The summed E-state index contributed by atoms with van der Waals surface area (Å²) in [7, 11) is 0.104. The molecule has 0 aromatic heterocycles. The molecule has 0 heterocycles. The number of benzene rings is 2. The Labute approximate surface area is 194 Å². The summed E-state index contributed by atoms with van der Waals surface area (Å²) in [5, 5.41) is 1.48. The van der Waals surface area contributed by atoms with Crippen molar-refractivity contribution < 1.29 is 16.8 Å². The fourth-order valence-electron chi connectivity index (χ4n) is 2.00. The molecule has 0 aliphatic heterocycles. The van der Waals surface area contributed by atoms with Gasteiger partial charge >= 0.3 is 16.8 Å². The van der Waals surface area contributed by atoms with Crippen molar-refractivity contribution in [2.75, 3.05) is 13.3 Å². The van der Waals surface area contributed by atoms with Crippen LogP contribution < -0.4 is 5.30 Å². The van der Waals surface area contributed by atoms with Crippen LogP contribution in [0.15, 0.2) is 67.2 Å². The quantitative estimate of drug-likeness (QED) is 0.196. The second kappa shape index (κ2) is 17.1. The van der Waals surface area contributed by atoms with Crippen LogP contribution in [0, 0.1) is 38.3 Å². The summed E-state index contributed by atoms with van der Waals surface area (Å²) in [5.74, 6) is 0. The molecule has 1 saturated carbocycles. The summed E-state index contributed by atoms with van der Waals surface area (Å²) < 4.78 is 0.374. The van der Waals surface area contributed by atoms with E-state index in [1.807, 2.05) is 62.4 Å². The van der Waals surface area contributed by atoms with Crippen LogP contribution in [0.4, 0.5) is 0 Å². The zero-order valence-electron chi connectivity index (χ0n) is 16.1. The van der Waals surface area contributed by atoms with Crippen LogP contribution in [0.25, 0.3) is 0 Å². The van der Waals surface area contributed by atoms with Gasteiger partial charge in [0.05, 0.1) is 0 Å². The fraction of sp³-hybridized carbons (Fsp3) is 0.130. The number of thiocarbonyl (C=S) groups is 1. The van der Waals surface area contributed by atoms with E-state index in [4.69, 9.17) is 24.8 Å². The van der Waals surface area contributed by atoms with Crippen molar-refractivity contribution in [3.8, 4) is 0 Å². The Kier molecular flexibility index (Phi) is 16.6. The molecule has 0 N–H and O–H groups in total. The van der Waals surface area contributed by atoms with Crippen LogP contribution in [0.3, 0.4) is 0 Å². The molecule has 2 aromatic rings. The summed E-state index contributed by atoms with van der Waals surface area (Å²) in [4.78, 5) is 1.64. The average Bonchev–Trinajstić information content (AvgIpc) is 3.28. The Morgan fingerprint density at radius 2 is 1.36 bits per heavy atom. The minimum absolute atomic E-state index is 0. The molecule has 0 amide bonds. The summed E-state index contributed by atoms with van der Waals surface area (Å²) >= 11 is 9.71. The topological polar surface area (TPSA) is 3.24 Å². The smallest absolute Gasteiger partial charge is 0.530 e. The normalized spacial score (nSPS) is 11.8. The predicted octanol–water partition coefficient (Wildman–Crippen LogP) is 5.34. The third kappa shape index (κ3) is 12.6. The van der Waals surface area contributed by atoms with Crippen LogP contribution in [0.2, 0.25) is 0 Å². The Hall–Kier alpha value is -0.774. The first-order valence-corrected chi connectivity index (χ1v) is 11.5. The number of rotatable bonds is 4. The number of hydrogen-bond donors (Lipinski definition) is 0. The Bertz CT molecular complexity index is 639. The van der Waals surface area contributed by atoms with Gasteiger partial charge in [0.2, 0.25) is 0 Å². The molecule has 0 spiro atoms. The molecule has 0 unspecified atom stereocenters. The van der Waals surface area contributed by atoms with Gasteiger partial charge in [-0.3, -0.25) is 0 Å². The minimum Gasteiger partial charge on any atom is -0.530 e. The van der Waals surface area contributed by atoms with Gasteiger partial charge in [0.15, 0.2) is 0 Å². The maximum Gasteiger partial charge on any atom is 3.00 e. The second-order valence-electron chi connectivity index (χ2n) is 5.69. The summed E-state index contributed by atoms with van der Waals surface area (Å²) in [6.45, 7) is 8.71. The van der Waals surface area contributed by atoms with Crippen molar-refractivity contribution in [1.29, 1.82) is 0 Å². The van der Waals surface area contributed by atoms with Gasteiger partial charge in [-0.1, -0.05) is 68.6 Å². The van der Waals surface area contributed by atoms with E-state index >= 15 is 0 Å². The van der Waals surface area contributed by atoms with Crippen molar-refractivity contribution in [2.45, 2.75) is 6.54 Å². The molecule has 147 valence electrons. The van der Waals surface area contributed by atoms with Crippen LogP contribution in [0.5, 0.6) is 0 Å². The van der Waals surface area contributed by atoms with Crippen LogP contribution in [-0.4, -0.2) is 22.6 Å². The summed E-state index contributed by atoms with van der Waals surface area (Å²) in [6, 6.07) is 20.6. The van der Waals surface area contributed by atoms with Crippen molar-refractivity contribution in [2.24, 2.45) is 0 Å². The molecule has 1 aliphatic rings. The predicted molar refractivity (Wildman–Crippen MR) is 127 cm³/mol. The van der Waals surface area contributed by atoms with Gasteiger partial charge in [-0.05, 0) is 56.3 Å². The Morgan fingerprint density at radius 1 is 0.929 bits per heavy atom. The third-order valence-corrected chi connectivity index (χ3v) is 5.19. The first-order chi connectivity index (χ1) is 13.0. The first kappa shape index (κ1) is 27.2. The SMILES string of the molecule is C=[C-]N(Cc1ccccc1)C(=S)[S-].CP(C)c1ccccc1.[CH]1[CH][CH][CH][CH]1.[Co+3]. The van der Waals surface area contributed by atoms with Crippen molar-refractivity contribution >= 4 is 42.4 Å². The van der Waals surface area contributed by atoms with Gasteiger partial charge in [-0.2, -0.15) is 12.8 Å². The van der Waals surface area contributed by atoms with Gasteiger partial charge in [-0.25, -0.2) is 4.32 Å². The van der Waals surface area contributed by atoms with E-state index in [0.717, 1.165) is 5.56 Å². The zero-order valence-corrected chi connectivity index (χ0v) is 19.7. The van der Waals surface area contributed by atoms with E-state index in [2.05, 4.69) is 56.4 Å². The van der Waals surface area contributed by atoms with Gasteiger partial charge in [-0.15, -0.1) is 0 Å². The van der Waals surface area contributed by atoms with E-state index in [0.29, 0.717) is 10.9 Å². The minimum atomic E-state index is 0. The van der Waals surface area contributed by atoms with Gasteiger partial charge < -0.3 is 29.7 Å². The van der Waals surface area contributed by atoms with E-state index in [1.165, 1.54) is 5.30 Å². The molecule has 1 fully saturated rings. The van der Waals surface area contributed by atoms with Crippen molar-refractivity contribution in [3.63, 3.8) is 0 Å². The molecule has 5 radical (unpaired) electrons. The van der Waals surface area contributed by atoms with Gasteiger partial charge in [0.25, 0.3) is 0 Å². The molecular formula is C23H25CoNPS2+. The second-order valence-corrected chi connectivity index (χ2v) is 9.03. The van der Waals surface area contributed by atoms with Crippen LogP contribution in [-0.2, 0) is 36.0 Å². The standard InChI is InChI=1S/C10H10NS2.C8H11P.C5H5.Co/c1-2-11(10(12)13)8-9-6-4-3-5-7-9;1-9(2)8-6-4-3-5-7-8;1-2-4-5-3-1;/h3-7H,1,8H2,(H,12,13);3-7H,1-2H3;1-5H;/q-1;;;+3/p-1. The largest absolute Gasteiger partial charge is 3.00 e. The molecule has 0 bridgehead atoms. The summed E-state index contributed by atoms with van der Waals surface area (Å²) in [6.07, 6.45) is 12.7. The Balaban J connectivity index is 0.000000421. The number of nitrogens with zero attached hydrogens (tertiary/aromatic N) is 1. The maximum absolute atomic E-state index is 4.85. The molecule has 1 nitrogen and oxygen atoms in total. The maximum atomic E-state index is 4.85. The molecule has 0 atom stereocenters.